The van der Waals surface area contributed by atoms with E-state index in [1.807, 2.05) is 19.1 Å². The normalized spacial score (nSPS) is 10.6. The molecule has 0 spiro atoms. The Kier molecular flexibility index (Phi) is 3.54. The van der Waals surface area contributed by atoms with Gasteiger partial charge in [-0.3, -0.25) is 14.8 Å². The van der Waals surface area contributed by atoms with Gasteiger partial charge in [0.2, 0.25) is 0 Å². The summed E-state index contributed by atoms with van der Waals surface area (Å²) in [7, 11) is 0. The molecular weight excluding hydrogens is 286 g/mol. The summed E-state index contributed by atoms with van der Waals surface area (Å²) in [5, 5.41) is 5.12. The summed E-state index contributed by atoms with van der Waals surface area (Å²) in [6.07, 6.45) is 4.90. The number of amides is 1. The third-order valence-corrected chi connectivity index (χ3v) is 3.36. The van der Waals surface area contributed by atoms with E-state index < -0.39 is 0 Å². The zero-order chi connectivity index (χ0) is 14.8. The summed E-state index contributed by atoms with van der Waals surface area (Å²) in [6, 6.07) is 8.94. The minimum atomic E-state index is -0.207. The van der Waals surface area contributed by atoms with Crippen molar-refractivity contribution in [2.24, 2.45) is 0 Å². The summed E-state index contributed by atoms with van der Waals surface area (Å²) in [5.41, 5.74) is 2.06. The molecule has 4 nitrogen and oxygen atoms in total. The topological polar surface area (TPSA) is 54.9 Å². The first-order chi connectivity index (χ1) is 10.1. The highest BCUT2D eigenvalue weighted by Crippen LogP contribution is 2.22. The summed E-state index contributed by atoms with van der Waals surface area (Å²) < 4.78 is 0. The number of carbonyl (C=O) groups is 1. The molecule has 104 valence electrons. The fourth-order valence-corrected chi connectivity index (χ4v) is 2.33. The SMILES string of the molecule is Cc1cc(NC(=O)c2cncc3cc(Cl)ccc23)ccn1. The van der Waals surface area contributed by atoms with Crippen molar-refractivity contribution >= 4 is 34.0 Å². The first-order valence-corrected chi connectivity index (χ1v) is 6.78. The van der Waals surface area contributed by atoms with Crippen LogP contribution in [0.5, 0.6) is 0 Å². The molecule has 0 aliphatic heterocycles. The van der Waals surface area contributed by atoms with Crippen molar-refractivity contribution in [2.75, 3.05) is 5.32 Å². The molecule has 2 heterocycles. The molecule has 0 aliphatic rings. The van der Waals surface area contributed by atoms with Crippen LogP contribution in [0.25, 0.3) is 10.8 Å². The number of anilines is 1. The Bertz CT molecular complexity index is 833. The predicted octanol–water partition coefficient (Wildman–Crippen LogP) is 3.84. The van der Waals surface area contributed by atoms with Crippen LogP contribution in [-0.4, -0.2) is 15.9 Å². The fraction of sp³-hybridized carbons (Fsp3) is 0.0625. The van der Waals surface area contributed by atoms with Gasteiger partial charge in [-0.1, -0.05) is 17.7 Å². The quantitative estimate of drug-likeness (QED) is 0.782. The van der Waals surface area contributed by atoms with Crippen molar-refractivity contribution in [3.05, 3.63) is 65.2 Å². The van der Waals surface area contributed by atoms with E-state index in [1.165, 1.54) is 0 Å². The fourth-order valence-electron chi connectivity index (χ4n) is 2.15. The van der Waals surface area contributed by atoms with E-state index >= 15 is 0 Å². The van der Waals surface area contributed by atoms with E-state index in [0.717, 1.165) is 16.5 Å². The van der Waals surface area contributed by atoms with Crippen LogP contribution < -0.4 is 5.32 Å². The Labute approximate surface area is 126 Å². The molecule has 0 bridgehead atoms. The number of hydrogen-bond donors (Lipinski definition) is 1. The predicted molar refractivity (Wildman–Crippen MR) is 83.7 cm³/mol. The average molecular weight is 298 g/mol. The molecule has 0 aliphatic carbocycles. The maximum absolute atomic E-state index is 12.4. The zero-order valence-corrected chi connectivity index (χ0v) is 12.1. The molecule has 0 unspecified atom stereocenters. The molecule has 0 radical (unpaired) electrons. The van der Waals surface area contributed by atoms with E-state index in [1.54, 1.807) is 36.8 Å². The average Bonchev–Trinajstić information content (AvgIpc) is 2.46. The van der Waals surface area contributed by atoms with E-state index in [0.29, 0.717) is 16.3 Å². The number of rotatable bonds is 2. The van der Waals surface area contributed by atoms with Crippen molar-refractivity contribution in [3.63, 3.8) is 0 Å². The highest BCUT2D eigenvalue weighted by atomic mass is 35.5. The lowest BCUT2D eigenvalue weighted by Crippen LogP contribution is -2.13. The Morgan fingerprint density at radius 3 is 2.86 bits per heavy atom. The van der Waals surface area contributed by atoms with Crippen LogP contribution in [0, 0.1) is 6.92 Å². The molecular formula is C16H12ClN3O. The largest absolute Gasteiger partial charge is 0.322 e. The molecule has 3 rings (SSSR count). The highest BCUT2D eigenvalue weighted by molar-refractivity contribution is 6.31. The number of nitrogens with one attached hydrogen (secondary N) is 1. The third kappa shape index (κ3) is 2.85. The van der Waals surface area contributed by atoms with Crippen molar-refractivity contribution in [1.29, 1.82) is 0 Å². The van der Waals surface area contributed by atoms with Gasteiger partial charge in [0.1, 0.15) is 0 Å². The van der Waals surface area contributed by atoms with Gasteiger partial charge in [-0.05, 0) is 36.6 Å². The molecule has 1 aromatic carbocycles. The Morgan fingerprint density at radius 1 is 1.19 bits per heavy atom. The third-order valence-electron chi connectivity index (χ3n) is 3.12. The molecule has 2 aromatic heterocycles. The van der Waals surface area contributed by atoms with Gasteiger partial charge in [0.05, 0.1) is 5.56 Å². The summed E-state index contributed by atoms with van der Waals surface area (Å²) in [6.45, 7) is 1.87. The minimum Gasteiger partial charge on any atom is -0.322 e. The van der Waals surface area contributed by atoms with Gasteiger partial charge in [-0.15, -0.1) is 0 Å². The Balaban J connectivity index is 1.98. The number of nitrogens with zero attached hydrogens (tertiary/aromatic N) is 2. The second-order valence-electron chi connectivity index (χ2n) is 4.69. The smallest absolute Gasteiger partial charge is 0.257 e. The molecule has 0 atom stereocenters. The molecule has 1 amide bonds. The summed E-state index contributed by atoms with van der Waals surface area (Å²) in [4.78, 5) is 20.6. The number of fused-ring (bicyclic) bond motifs is 1. The van der Waals surface area contributed by atoms with E-state index in [9.17, 15) is 4.79 Å². The second kappa shape index (κ2) is 5.50. The van der Waals surface area contributed by atoms with Crippen LogP contribution in [0.2, 0.25) is 5.02 Å². The zero-order valence-electron chi connectivity index (χ0n) is 11.3. The molecule has 3 aromatic rings. The van der Waals surface area contributed by atoms with Crippen molar-refractivity contribution in [2.45, 2.75) is 6.92 Å². The van der Waals surface area contributed by atoms with E-state index in [-0.39, 0.29) is 5.91 Å². The summed E-state index contributed by atoms with van der Waals surface area (Å²) >= 11 is 5.96. The molecule has 0 fully saturated rings. The number of carbonyl (C=O) groups excluding carboxylic acids is 1. The van der Waals surface area contributed by atoms with Gasteiger partial charge in [-0.25, -0.2) is 0 Å². The molecule has 5 heteroatoms. The molecule has 0 saturated heterocycles. The number of benzene rings is 1. The van der Waals surface area contributed by atoms with Gasteiger partial charge in [0.25, 0.3) is 5.91 Å². The number of aromatic nitrogens is 2. The van der Waals surface area contributed by atoms with Crippen molar-refractivity contribution in [3.8, 4) is 0 Å². The lowest BCUT2D eigenvalue weighted by atomic mass is 10.1. The lowest BCUT2D eigenvalue weighted by molar-refractivity contribution is 0.102. The van der Waals surface area contributed by atoms with Gasteiger partial charge < -0.3 is 5.32 Å². The maximum Gasteiger partial charge on any atom is 0.257 e. The maximum atomic E-state index is 12.4. The van der Waals surface area contributed by atoms with Crippen molar-refractivity contribution < 1.29 is 4.79 Å². The van der Waals surface area contributed by atoms with E-state index in [4.69, 9.17) is 11.6 Å². The molecule has 21 heavy (non-hydrogen) atoms. The number of hydrogen-bond acceptors (Lipinski definition) is 3. The second-order valence-corrected chi connectivity index (χ2v) is 5.13. The van der Waals surface area contributed by atoms with Crippen molar-refractivity contribution in [1.82, 2.24) is 9.97 Å². The van der Waals surface area contributed by atoms with Crippen LogP contribution in [0.15, 0.2) is 48.9 Å². The first-order valence-electron chi connectivity index (χ1n) is 6.41. The Morgan fingerprint density at radius 2 is 2.05 bits per heavy atom. The van der Waals surface area contributed by atoms with Crippen LogP contribution >= 0.6 is 11.6 Å². The standard InChI is InChI=1S/C16H12ClN3O/c1-10-6-13(4-5-19-10)20-16(21)15-9-18-8-11-7-12(17)2-3-14(11)15/h2-9H,1H3,(H,19,20,21). The summed E-state index contributed by atoms with van der Waals surface area (Å²) in [5.74, 6) is -0.207. The van der Waals surface area contributed by atoms with Crippen LogP contribution in [0.1, 0.15) is 16.1 Å². The number of halogens is 1. The first kappa shape index (κ1) is 13.5. The van der Waals surface area contributed by atoms with Gasteiger partial charge in [0, 0.05) is 40.4 Å². The number of pyridine rings is 2. The Hall–Kier alpha value is -2.46. The van der Waals surface area contributed by atoms with Gasteiger partial charge in [-0.2, -0.15) is 0 Å². The molecule has 1 N–H and O–H groups in total. The highest BCUT2D eigenvalue weighted by Gasteiger charge is 2.11. The lowest BCUT2D eigenvalue weighted by Gasteiger charge is -2.08. The van der Waals surface area contributed by atoms with Crippen LogP contribution in [0.3, 0.4) is 0 Å². The van der Waals surface area contributed by atoms with Gasteiger partial charge >= 0.3 is 0 Å². The number of aryl methyl sites for hydroxylation is 1. The van der Waals surface area contributed by atoms with Crippen LogP contribution in [0.4, 0.5) is 5.69 Å². The monoisotopic (exact) mass is 297 g/mol. The van der Waals surface area contributed by atoms with E-state index in [2.05, 4.69) is 15.3 Å². The molecule has 0 saturated carbocycles. The van der Waals surface area contributed by atoms with Crippen LogP contribution in [-0.2, 0) is 0 Å². The minimum absolute atomic E-state index is 0.207. The van der Waals surface area contributed by atoms with Gasteiger partial charge in [0.15, 0.2) is 0 Å².